The molecule has 134 valence electrons. The quantitative estimate of drug-likeness (QED) is 0.619. The number of hydrogen-bond acceptors (Lipinski definition) is 2. The number of anilines is 1. The average molecular weight is 389 g/mol. The summed E-state index contributed by atoms with van der Waals surface area (Å²) in [5.41, 5.74) is 1.65. The largest absolute Gasteiger partial charge is 0.362 e. The number of hydrogen-bond donors (Lipinski definition) is 2. The van der Waals surface area contributed by atoms with Gasteiger partial charge in [-0.25, -0.2) is 4.39 Å². The minimum atomic E-state index is -0.347. The highest BCUT2D eigenvalue weighted by molar-refractivity contribution is 7.80. The molecule has 4 nitrogen and oxygen atoms in total. The average Bonchev–Trinajstić information content (AvgIpc) is 3.06. The van der Waals surface area contributed by atoms with Gasteiger partial charge >= 0.3 is 0 Å². The predicted molar refractivity (Wildman–Crippen MR) is 107 cm³/mol. The summed E-state index contributed by atoms with van der Waals surface area (Å²) in [5, 5.41) is 11.4. The Morgan fingerprint density at radius 3 is 2.69 bits per heavy atom. The van der Waals surface area contributed by atoms with E-state index in [0.717, 1.165) is 13.0 Å². The van der Waals surface area contributed by atoms with E-state index >= 15 is 0 Å². The van der Waals surface area contributed by atoms with Crippen LogP contribution in [0.5, 0.6) is 0 Å². The van der Waals surface area contributed by atoms with Gasteiger partial charge in [0.05, 0.1) is 6.54 Å². The number of rotatable bonds is 6. The Morgan fingerprint density at radius 1 is 1.12 bits per heavy atom. The van der Waals surface area contributed by atoms with E-state index in [0.29, 0.717) is 21.5 Å². The Morgan fingerprint density at radius 2 is 1.92 bits per heavy atom. The van der Waals surface area contributed by atoms with Crippen LogP contribution in [0.1, 0.15) is 11.1 Å². The van der Waals surface area contributed by atoms with Crippen LogP contribution in [0, 0.1) is 5.82 Å². The molecule has 2 aromatic carbocycles. The van der Waals surface area contributed by atoms with Gasteiger partial charge in [0.2, 0.25) is 0 Å². The van der Waals surface area contributed by atoms with Crippen LogP contribution in [0.4, 0.5) is 10.2 Å². The van der Waals surface area contributed by atoms with Crippen LogP contribution in [0.15, 0.2) is 60.8 Å². The normalized spacial score (nSPS) is 10.5. The van der Waals surface area contributed by atoms with E-state index in [9.17, 15) is 4.39 Å². The molecule has 1 aromatic heterocycles. The maximum Gasteiger partial charge on any atom is 0.172 e. The summed E-state index contributed by atoms with van der Waals surface area (Å²) >= 11 is 11.3. The molecule has 3 rings (SSSR count). The second-order valence-electron chi connectivity index (χ2n) is 5.72. The smallest absolute Gasteiger partial charge is 0.172 e. The zero-order chi connectivity index (χ0) is 18.4. The SMILES string of the molecule is Fc1cccc(Cl)c1Cn1ccc(NC(=S)NCCc2ccccc2)n1. The summed E-state index contributed by atoms with van der Waals surface area (Å²) in [5.74, 6) is 0.246. The van der Waals surface area contributed by atoms with Crippen LogP contribution in [0.2, 0.25) is 5.02 Å². The molecule has 0 spiro atoms. The first-order valence-electron chi connectivity index (χ1n) is 8.17. The van der Waals surface area contributed by atoms with Crippen LogP contribution >= 0.6 is 23.8 Å². The van der Waals surface area contributed by atoms with Crippen molar-refractivity contribution in [1.82, 2.24) is 15.1 Å². The molecule has 0 aliphatic carbocycles. The molecule has 0 fully saturated rings. The first-order chi connectivity index (χ1) is 12.6. The molecular weight excluding hydrogens is 371 g/mol. The summed E-state index contributed by atoms with van der Waals surface area (Å²) in [6.07, 6.45) is 2.63. The number of nitrogens with zero attached hydrogens (tertiary/aromatic N) is 2. The van der Waals surface area contributed by atoms with Gasteiger partial charge in [0.25, 0.3) is 0 Å². The van der Waals surface area contributed by atoms with Crippen molar-refractivity contribution in [1.29, 1.82) is 0 Å². The first-order valence-corrected chi connectivity index (χ1v) is 8.95. The number of benzene rings is 2. The van der Waals surface area contributed by atoms with Gasteiger partial charge in [0.1, 0.15) is 5.82 Å². The molecule has 26 heavy (non-hydrogen) atoms. The van der Waals surface area contributed by atoms with Crippen LogP contribution in [0.3, 0.4) is 0 Å². The number of halogens is 2. The zero-order valence-corrected chi connectivity index (χ0v) is 15.5. The lowest BCUT2D eigenvalue weighted by molar-refractivity contribution is 0.586. The molecule has 0 bridgehead atoms. The highest BCUT2D eigenvalue weighted by Crippen LogP contribution is 2.20. The fourth-order valence-corrected chi connectivity index (χ4v) is 2.92. The molecule has 0 aliphatic heterocycles. The van der Waals surface area contributed by atoms with Gasteiger partial charge in [-0.1, -0.05) is 48.0 Å². The lowest BCUT2D eigenvalue weighted by atomic mass is 10.1. The van der Waals surface area contributed by atoms with Crippen LogP contribution in [-0.4, -0.2) is 21.4 Å². The van der Waals surface area contributed by atoms with Gasteiger partial charge in [-0.3, -0.25) is 4.68 Å². The number of thiocarbonyl (C=S) groups is 1. The predicted octanol–water partition coefficient (Wildman–Crippen LogP) is 4.25. The van der Waals surface area contributed by atoms with Crippen molar-refractivity contribution in [2.24, 2.45) is 0 Å². The Bertz CT molecular complexity index is 862. The molecule has 1 heterocycles. The molecule has 0 atom stereocenters. The third kappa shape index (κ3) is 5.03. The van der Waals surface area contributed by atoms with E-state index in [-0.39, 0.29) is 12.4 Å². The van der Waals surface area contributed by atoms with Gasteiger partial charge in [0, 0.05) is 29.4 Å². The third-order valence-corrected chi connectivity index (χ3v) is 4.41. The number of nitrogens with one attached hydrogen (secondary N) is 2. The summed E-state index contributed by atoms with van der Waals surface area (Å²) in [6.45, 7) is 0.975. The fraction of sp³-hybridized carbons (Fsp3) is 0.158. The summed E-state index contributed by atoms with van der Waals surface area (Å²) in [6, 6.07) is 16.6. The topological polar surface area (TPSA) is 41.9 Å². The molecule has 0 aliphatic rings. The highest BCUT2D eigenvalue weighted by Gasteiger charge is 2.09. The van der Waals surface area contributed by atoms with E-state index in [4.69, 9.17) is 23.8 Å². The third-order valence-electron chi connectivity index (χ3n) is 3.81. The van der Waals surface area contributed by atoms with E-state index in [1.54, 1.807) is 29.1 Å². The molecule has 3 aromatic rings. The lowest BCUT2D eigenvalue weighted by Crippen LogP contribution is -2.30. The van der Waals surface area contributed by atoms with Gasteiger partial charge in [-0.15, -0.1) is 0 Å². The molecule has 0 amide bonds. The Labute approximate surface area is 162 Å². The molecular formula is C19H18ClFN4S. The number of aromatic nitrogens is 2. The van der Waals surface area contributed by atoms with E-state index in [1.165, 1.54) is 11.6 Å². The van der Waals surface area contributed by atoms with Crippen molar-refractivity contribution in [2.45, 2.75) is 13.0 Å². The van der Waals surface area contributed by atoms with Crippen LogP contribution < -0.4 is 10.6 Å². The van der Waals surface area contributed by atoms with Crippen LogP contribution in [-0.2, 0) is 13.0 Å². The van der Waals surface area contributed by atoms with Crippen molar-refractivity contribution in [3.05, 3.63) is 82.8 Å². The summed E-state index contributed by atoms with van der Waals surface area (Å²) in [7, 11) is 0. The Hall–Kier alpha value is -2.44. The van der Waals surface area contributed by atoms with Gasteiger partial charge in [-0.2, -0.15) is 5.10 Å². The minimum absolute atomic E-state index is 0.251. The maximum atomic E-state index is 13.9. The zero-order valence-electron chi connectivity index (χ0n) is 14.0. The molecule has 0 saturated heterocycles. The standard InChI is InChI=1S/C19H18ClFN4S/c20-16-7-4-8-17(21)15(16)13-25-12-10-18(24-25)23-19(26)22-11-9-14-5-2-1-3-6-14/h1-8,10,12H,9,11,13H2,(H2,22,23,24,26). The molecule has 7 heteroatoms. The molecule has 0 radical (unpaired) electrons. The fourth-order valence-electron chi connectivity index (χ4n) is 2.49. The molecule has 0 unspecified atom stereocenters. The first kappa shape index (κ1) is 18.4. The van der Waals surface area contributed by atoms with Crippen molar-refractivity contribution >= 4 is 34.7 Å². The summed E-state index contributed by atoms with van der Waals surface area (Å²) in [4.78, 5) is 0. The van der Waals surface area contributed by atoms with Crippen molar-refractivity contribution in [3.63, 3.8) is 0 Å². The summed E-state index contributed by atoms with van der Waals surface area (Å²) < 4.78 is 15.5. The van der Waals surface area contributed by atoms with Crippen molar-refractivity contribution in [3.8, 4) is 0 Å². The monoisotopic (exact) mass is 388 g/mol. The van der Waals surface area contributed by atoms with Crippen LogP contribution in [0.25, 0.3) is 0 Å². The van der Waals surface area contributed by atoms with E-state index in [1.807, 2.05) is 18.2 Å². The second-order valence-corrected chi connectivity index (χ2v) is 6.53. The lowest BCUT2D eigenvalue weighted by Gasteiger charge is -2.09. The molecule has 2 N–H and O–H groups in total. The van der Waals surface area contributed by atoms with E-state index in [2.05, 4.69) is 27.9 Å². The maximum absolute atomic E-state index is 13.9. The van der Waals surface area contributed by atoms with Gasteiger partial charge < -0.3 is 10.6 Å². The molecule has 0 saturated carbocycles. The minimum Gasteiger partial charge on any atom is -0.362 e. The van der Waals surface area contributed by atoms with Gasteiger partial charge in [0.15, 0.2) is 10.9 Å². The van der Waals surface area contributed by atoms with Crippen molar-refractivity contribution in [2.75, 3.05) is 11.9 Å². The second kappa shape index (κ2) is 8.78. The Balaban J connectivity index is 1.51. The van der Waals surface area contributed by atoms with Gasteiger partial charge in [-0.05, 0) is 36.3 Å². The van der Waals surface area contributed by atoms with E-state index < -0.39 is 0 Å². The highest BCUT2D eigenvalue weighted by atomic mass is 35.5. The Kier molecular flexibility index (Phi) is 6.20. The van der Waals surface area contributed by atoms with Crippen molar-refractivity contribution < 1.29 is 4.39 Å².